The van der Waals surface area contributed by atoms with Gasteiger partial charge in [0.1, 0.15) is 5.75 Å². The second-order valence-corrected chi connectivity index (χ2v) is 5.59. The standard InChI is InChI=1S/C16H23NO/c1-3-9-17-16-11(4-2)15-12-7-5-6-8-14(12)18-10-13(15)16/h5-8,11,13,15-17H,3-4,9-10H2,1-2H3. The van der Waals surface area contributed by atoms with Gasteiger partial charge in [-0.25, -0.2) is 0 Å². The van der Waals surface area contributed by atoms with E-state index >= 15 is 0 Å². The third-order valence-electron chi connectivity index (χ3n) is 4.66. The van der Waals surface area contributed by atoms with Crippen LogP contribution in [0.1, 0.15) is 38.2 Å². The van der Waals surface area contributed by atoms with Crippen molar-refractivity contribution < 1.29 is 4.74 Å². The molecule has 1 saturated carbocycles. The van der Waals surface area contributed by atoms with Crippen molar-refractivity contribution in [3.63, 3.8) is 0 Å². The van der Waals surface area contributed by atoms with E-state index in [9.17, 15) is 0 Å². The van der Waals surface area contributed by atoms with Gasteiger partial charge in [-0.3, -0.25) is 0 Å². The first kappa shape index (κ1) is 12.0. The Labute approximate surface area is 110 Å². The van der Waals surface area contributed by atoms with E-state index in [0.29, 0.717) is 17.9 Å². The smallest absolute Gasteiger partial charge is 0.122 e. The Kier molecular flexibility index (Phi) is 3.29. The van der Waals surface area contributed by atoms with E-state index in [4.69, 9.17) is 4.74 Å². The van der Waals surface area contributed by atoms with Crippen LogP contribution in [0.2, 0.25) is 0 Å². The topological polar surface area (TPSA) is 21.3 Å². The van der Waals surface area contributed by atoms with Crippen molar-refractivity contribution in [1.82, 2.24) is 5.32 Å². The van der Waals surface area contributed by atoms with Crippen LogP contribution in [-0.4, -0.2) is 19.2 Å². The number of ether oxygens (including phenoxy) is 1. The van der Waals surface area contributed by atoms with E-state index in [1.54, 1.807) is 0 Å². The average molecular weight is 245 g/mol. The van der Waals surface area contributed by atoms with Crippen molar-refractivity contribution in [3.8, 4) is 5.75 Å². The molecule has 1 heterocycles. The number of hydrogen-bond donors (Lipinski definition) is 1. The van der Waals surface area contributed by atoms with Crippen molar-refractivity contribution >= 4 is 0 Å². The van der Waals surface area contributed by atoms with Crippen LogP contribution in [-0.2, 0) is 0 Å². The summed E-state index contributed by atoms with van der Waals surface area (Å²) in [5, 5.41) is 3.72. The molecule has 2 aliphatic rings. The monoisotopic (exact) mass is 245 g/mol. The first-order valence-corrected chi connectivity index (χ1v) is 7.32. The second kappa shape index (κ2) is 4.93. The van der Waals surface area contributed by atoms with E-state index in [1.165, 1.54) is 18.4 Å². The Balaban J connectivity index is 1.82. The van der Waals surface area contributed by atoms with Gasteiger partial charge < -0.3 is 10.1 Å². The van der Waals surface area contributed by atoms with E-state index in [2.05, 4.69) is 43.4 Å². The molecule has 0 bridgehead atoms. The van der Waals surface area contributed by atoms with Crippen LogP contribution < -0.4 is 10.1 Å². The molecule has 0 amide bonds. The van der Waals surface area contributed by atoms with Gasteiger partial charge in [-0.1, -0.05) is 38.5 Å². The molecule has 18 heavy (non-hydrogen) atoms. The van der Waals surface area contributed by atoms with Crippen LogP contribution in [0.5, 0.6) is 5.75 Å². The molecule has 4 unspecified atom stereocenters. The molecule has 2 nitrogen and oxygen atoms in total. The Bertz CT molecular complexity index is 417. The summed E-state index contributed by atoms with van der Waals surface area (Å²) < 4.78 is 5.92. The van der Waals surface area contributed by atoms with Crippen LogP contribution in [0.3, 0.4) is 0 Å². The Morgan fingerprint density at radius 3 is 2.89 bits per heavy atom. The number of fused-ring (bicyclic) bond motifs is 3. The minimum Gasteiger partial charge on any atom is -0.493 e. The highest BCUT2D eigenvalue weighted by atomic mass is 16.5. The van der Waals surface area contributed by atoms with Crippen molar-refractivity contribution in [2.45, 2.75) is 38.6 Å². The molecule has 0 saturated heterocycles. The molecule has 2 heteroatoms. The first-order valence-electron chi connectivity index (χ1n) is 7.32. The van der Waals surface area contributed by atoms with Crippen LogP contribution in [0.4, 0.5) is 0 Å². The molecule has 0 radical (unpaired) electrons. The zero-order chi connectivity index (χ0) is 12.5. The molecule has 1 fully saturated rings. The van der Waals surface area contributed by atoms with Crippen LogP contribution in [0.25, 0.3) is 0 Å². The number of nitrogens with one attached hydrogen (secondary N) is 1. The molecule has 1 aliphatic heterocycles. The van der Waals surface area contributed by atoms with Gasteiger partial charge in [0.15, 0.2) is 0 Å². The maximum atomic E-state index is 5.92. The summed E-state index contributed by atoms with van der Waals surface area (Å²) in [6.45, 7) is 6.57. The Morgan fingerprint density at radius 1 is 1.28 bits per heavy atom. The quantitative estimate of drug-likeness (QED) is 0.879. The van der Waals surface area contributed by atoms with Gasteiger partial charge in [-0.05, 0) is 36.4 Å². The summed E-state index contributed by atoms with van der Waals surface area (Å²) >= 11 is 0. The van der Waals surface area contributed by atoms with Crippen LogP contribution >= 0.6 is 0 Å². The number of para-hydroxylation sites is 1. The molecule has 0 aromatic heterocycles. The van der Waals surface area contributed by atoms with E-state index in [1.807, 2.05) is 0 Å². The summed E-state index contributed by atoms with van der Waals surface area (Å²) in [6.07, 6.45) is 2.47. The molecule has 1 aromatic rings. The highest BCUT2D eigenvalue weighted by Crippen LogP contribution is 2.54. The van der Waals surface area contributed by atoms with Gasteiger partial charge >= 0.3 is 0 Å². The average Bonchev–Trinajstić information content (AvgIpc) is 2.39. The minimum absolute atomic E-state index is 0.660. The fourth-order valence-corrected chi connectivity index (χ4v) is 3.80. The lowest BCUT2D eigenvalue weighted by Gasteiger charge is -2.55. The lowest BCUT2D eigenvalue weighted by molar-refractivity contribution is 0.00923. The molecule has 1 aliphatic carbocycles. The molecule has 4 atom stereocenters. The van der Waals surface area contributed by atoms with Gasteiger partial charge in [0.05, 0.1) is 6.61 Å². The molecule has 0 spiro atoms. The molecule has 3 rings (SSSR count). The molecule has 1 aromatic carbocycles. The van der Waals surface area contributed by atoms with Gasteiger partial charge in [-0.2, -0.15) is 0 Å². The first-order chi connectivity index (χ1) is 8.86. The van der Waals surface area contributed by atoms with Gasteiger partial charge in [-0.15, -0.1) is 0 Å². The lowest BCUT2D eigenvalue weighted by Crippen LogP contribution is -2.60. The Morgan fingerprint density at radius 2 is 2.11 bits per heavy atom. The molecule has 1 N–H and O–H groups in total. The largest absolute Gasteiger partial charge is 0.493 e. The SMILES string of the molecule is CCCNC1C(CC)C2c3ccccc3OCC12. The number of hydrogen-bond acceptors (Lipinski definition) is 2. The molecule has 98 valence electrons. The predicted octanol–water partition coefficient (Wildman–Crippen LogP) is 3.19. The summed E-state index contributed by atoms with van der Waals surface area (Å²) in [5.74, 6) is 3.29. The third-order valence-corrected chi connectivity index (χ3v) is 4.66. The number of rotatable bonds is 4. The highest BCUT2D eigenvalue weighted by Gasteiger charge is 2.52. The maximum Gasteiger partial charge on any atom is 0.122 e. The summed E-state index contributed by atoms with van der Waals surface area (Å²) in [7, 11) is 0. The van der Waals surface area contributed by atoms with Crippen molar-refractivity contribution in [2.75, 3.05) is 13.2 Å². The normalized spacial score (nSPS) is 33.0. The zero-order valence-electron chi connectivity index (χ0n) is 11.4. The van der Waals surface area contributed by atoms with Crippen LogP contribution in [0, 0.1) is 11.8 Å². The van der Waals surface area contributed by atoms with Crippen LogP contribution in [0.15, 0.2) is 24.3 Å². The zero-order valence-corrected chi connectivity index (χ0v) is 11.4. The fraction of sp³-hybridized carbons (Fsp3) is 0.625. The maximum absolute atomic E-state index is 5.92. The molecular weight excluding hydrogens is 222 g/mol. The minimum atomic E-state index is 0.660. The van der Waals surface area contributed by atoms with E-state index in [-0.39, 0.29) is 0 Å². The van der Waals surface area contributed by atoms with Gasteiger partial charge in [0.25, 0.3) is 0 Å². The summed E-state index contributed by atoms with van der Waals surface area (Å²) in [6, 6.07) is 9.25. The Hall–Kier alpha value is -1.02. The lowest BCUT2D eigenvalue weighted by atomic mass is 9.56. The number of benzene rings is 1. The summed E-state index contributed by atoms with van der Waals surface area (Å²) in [5.41, 5.74) is 1.44. The van der Waals surface area contributed by atoms with Crippen molar-refractivity contribution in [1.29, 1.82) is 0 Å². The third kappa shape index (κ3) is 1.74. The highest BCUT2D eigenvalue weighted by molar-refractivity contribution is 5.41. The summed E-state index contributed by atoms with van der Waals surface area (Å²) in [4.78, 5) is 0. The van der Waals surface area contributed by atoms with E-state index in [0.717, 1.165) is 24.8 Å². The predicted molar refractivity (Wildman–Crippen MR) is 74.0 cm³/mol. The fourth-order valence-electron chi connectivity index (χ4n) is 3.80. The van der Waals surface area contributed by atoms with E-state index < -0.39 is 0 Å². The molecular formula is C16H23NO. The van der Waals surface area contributed by atoms with Crippen molar-refractivity contribution in [3.05, 3.63) is 29.8 Å². The van der Waals surface area contributed by atoms with Crippen molar-refractivity contribution in [2.24, 2.45) is 11.8 Å². The van der Waals surface area contributed by atoms with Gasteiger partial charge in [0, 0.05) is 12.0 Å². The van der Waals surface area contributed by atoms with Gasteiger partial charge in [0.2, 0.25) is 0 Å². The second-order valence-electron chi connectivity index (χ2n) is 5.59.